The minimum atomic E-state index is -1.15. The van der Waals surface area contributed by atoms with Gasteiger partial charge in [0.1, 0.15) is 5.75 Å². The molecule has 0 bridgehead atoms. The van der Waals surface area contributed by atoms with Gasteiger partial charge in [-0.1, -0.05) is 0 Å². The van der Waals surface area contributed by atoms with E-state index in [0.717, 1.165) is 6.07 Å². The van der Waals surface area contributed by atoms with Gasteiger partial charge in [-0.2, -0.15) is 0 Å². The van der Waals surface area contributed by atoms with Crippen molar-refractivity contribution in [3.63, 3.8) is 0 Å². The van der Waals surface area contributed by atoms with Gasteiger partial charge in [-0.25, -0.2) is 4.79 Å². The van der Waals surface area contributed by atoms with E-state index in [9.17, 15) is 14.7 Å². The number of hydrogen-bond acceptors (Lipinski definition) is 4. The third kappa shape index (κ3) is 2.74. The van der Waals surface area contributed by atoms with Crippen molar-refractivity contribution in [3.8, 4) is 5.75 Å². The van der Waals surface area contributed by atoms with Gasteiger partial charge in [-0.15, -0.1) is 0 Å². The Morgan fingerprint density at radius 3 is 2.60 bits per heavy atom. The maximum Gasteiger partial charge on any atom is 0.335 e. The number of carboxylic acids is 1. The van der Waals surface area contributed by atoms with Crippen LogP contribution < -0.4 is 5.32 Å². The van der Waals surface area contributed by atoms with Crippen LogP contribution in [0.1, 0.15) is 26.4 Å². The lowest BCUT2D eigenvalue weighted by molar-refractivity contribution is 0.0696. The van der Waals surface area contributed by atoms with Crippen LogP contribution in [0.15, 0.2) is 36.5 Å². The first-order valence-electron chi connectivity index (χ1n) is 5.78. The molecule has 2 rings (SSSR count). The number of carboxylic acid groups (broad SMARTS) is 1. The summed E-state index contributed by atoms with van der Waals surface area (Å²) in [7, 11) is 0. The minimum absolute atomic E-state index is 0.0574. The number of aromatic carboxylic acids is 1. The molecule has 6 heteroatoms. The zero-order valence-corrected chi connectivity index (χ0v) is 10.6. The van der Waals surface area contributed by atoms with E-state index < -0.39 is 11.9 Å². The van der Waals surface area contributed by atoms with Crippen LogP contribution in [0.4, 0.5) is 5.69 Å². The molecule has 2 aromatic rings. The number of nitrogens with one attached hydrogen (secondary N) is 1. The highest BCUT2D eigenvalue weighted by atomic mass is 16.4. The third-order valence-corrected chi connectivity index (χ3v) is 2.74. The number of aromatic nitrogens is 1. The second-order valence-corrected chi connectivity index (χ2v) is 4.13. The highest BCUT2D eigenvalue weighted by molar-refractivity contribution is 6.06. The maximum atomic E-state index is 12.0. The summed E-state index contributed by atoms with van der Waals surface area (Å²) >= 11 is 0. The Bertz CT molecular complexity index is 683. The number of pyridine rings is 1. The molecule has 1 aromatic carbocycles. The van der Waals surface area contributed by atoms with Crippen LogP contribution in [-0.4, -0.2) is 27.1 Å². The normalized spacial score (nSPS) is 10.1. The third-order valence-electron chi connectivity index (χ3n) is 2.74. The van der Waals surface area contributed by atoms with Crippen molar-refractivity contribution < 1.29 is 19.8 Å². The Labute approximate surface area is 114 Å². The molecule has 0 spiro atoms. The van der Waals surface area contributed by atoms with Gasteiger partial charge in [0.15, 0.2) is 0 Å². The molecule has 0 saturated heterocycles. The van der Waals surface area contributed by atoms with E-state index in [0.29, 0.717) is 11.3 Å². The standard InChI is InChI=1S/C14H12N2O4/c1-8-10(3-2-6-15-8)13(18)16-11-5-4-9(14(19)20)7-12(11)17/h2-7,17H,1H3,(H,16,18)(H,19,20). The number of aryl methyl sites for hydroxylation is 1. The van der Waals surface area contributed by atoms with E-state index in [4.69, 9.17) is 5.11 Å². The summed E-state index contributed by atoms with van der Waals surface area (Å²) in [5, 5.41) is 21.0. The van der Waals surface area contributed by atoms with E-state index in [1.165, 1.54) is 12.1 Å². The summed E-state index contributed by atoms with van der Waals surface area (Å²) in [5.74, 6) is -1.88. The number of carbonyl (C=O) groups excluding carboxylic acids is 1. The van der Waals surface area contributed by atoms with Crippen molar-refractivity contribution in [2.45, 2.75) is 6.92 Å². The lowest BCUT2D eigenvalue weighted by Crippen LogP contribution is -2.14. The van der Waals surface area contributed by atoms with Gasteiger partial charge in [0, 0.05) is 11.9 Å². The average molecular weight is 272 g/mol. The van der Waals surface area contributed by atoms with Crippen LogP contribution in [0.25, 0.3) is 0 Å². The molecule has 1 heterocycles. The topological polar surface area (TPSA) is 99.5 Å². The number of phenolic OH excluding ortho intramolecular Hbond substituents is 1. The predicted molar refractivity (Wildman–Crippen MR) is 72.0 cm³/mol. The fourth-order valence-electron chi connectivity index (χ4n) is 1.68. The number of phenols is 1. The Morgan fingerprint density at radius 1 is 1.25 bits per heavy atom. The van der Waals surface area contributed by atoms with Crippen LogP contribution in [0.5, 0.6) is 5.75 Å². The van der Waals surface area contributed by atoms with E-state index in [-0.39, 0.29) is 17.0 Å². The number of amides is 1. The van der Waals surface area contributed by atoms with E-state index >= 15 is 0 Å². The highest BCUT2D eigenvalue weighted by Crippen LogP contribution is 2.25. The Kier molecular flexibility index (Phi) is 3.65. The molecule has 6 nitrogen and oxygen atoms in total. The van der Waals surface area contributed by atoms with Gasteiger partial charge in [-0.05, 0) is 37.3 Å². The highest BCUT2D eigenvalue weighted by Gasteiger charge is 2.13. The average Bonchev–Trinajstić information content (AvgIpc) is 2.41. The number of hydrogen-bond donors (Lipinski definition) is 3. The smallest absolute Gasteiger partial charge is 0.335 e. The second-order valence-electron chi connectivity index (χ2n) is 4.13. The van der Waals surface area contributed by atoms with E-state index in [1.54, 1.807) is 25.3 Å². The molecular weight excluding hydrogens is 260 g/mol. The van der Waals surface area contributed by atoms with E-state index in [2.05, 4.69) is 10.3 Å². The Morgan fingerprint density at radius 2 is 2.00 bits per heavy atom. The van der Waals surface area contributed by atoms with Crippen LogP contribution >= 0.6 is 0 Å². The molecule has 0 aliphatic rings. The number of anilines is 1. The van der Waals surface area contributed by atoms with Gasteiger partial charge in [0.2, 0.25) is 0 Å². The molecule has 0 fully saturated rings. The molecule has 20 heavy (non-hydrogen) atoms. The lowest BCUT2D eigenvalue weighted by Gasteiger charge is -2.09. The van der Waals surface area contributed by atoms with Crippen LogP contribution in [0.3, 0.4) is 0 Å². The molecule has 3 N–H and O–H groups in total. The van der Waals surface area contributed by atoms with Gasteiger partial charge in [-0.3, -0.25) is 9.78 Å². The first kappa shape index (κ1) is 13.5. The zero-order valence-electron chi connectivity index (χ0n) is 10.6. The van der Waals surface area contributed by atoms with Gasteiger partial charge in [0.05, 0.1) is 16.8 Å². The first-order chi connectivity index (χ1) is 9.49. The van der Waals surface area contributed by atoms with Crippen molar-refractivity contribution in [2.24, 2.45) is 0 Å². The maximum absolute atomic E-state index is 12.0. The summed E-state index contributed by atoms with van der Waals surface area (Å²) in [6, 6.07) is 6.96. The van der Waals surface area contributed by atoms with Crippen LogP contribution in [0, 0.1) is 6.92 Å². The number of benzene rings is 1. The number of carbonyl (C=O) groups is 2. The summed E-state index contributed by atoms with van der Waals surface area (Å²) in [5.41, 5.74) is 1.03. The molecule has 1 amide bonds. The lowest BCUT2D eigenvalue weighted by atomic mass is 10.1. The monoisotopic (exact) mass is 272 g/mol. The molecule has 0 radical (unpaired) electrons. The van der Waals surface area contributed by atoms with Crippen molar-refractivity contribution in [1.29, 1.82) is 0 Å². The molecule has 0 unspecified atom stereocenters. The van der Waals surface area contributed by atoms with Crippen molar-refractivity contribution in [2.75, 3.05) is 5.32 Å². The van der Waals surface area contributed by atoms with Crippen LogP contribution in [0.2, 0.25) is 0 Å². The van der Waals surface area contributed by atoms with Gasteiger partial charge in [0.25, 0.3) is 5.91 Å². The van der Waals surface area contributed by atoms with Crippen molar-refractivity contribution in [1.82, 2.24) is 4.98 Å². The molecule has 0 atom stereocenters. The quantitative estimate of drug-likeness (QED) is 0.742. The fourth-order valence-corrected chi connectivity index (χ4v) is 1.68. The molecule has 0 saturated carbocycles. The second kappa shape index (κ2) is 5.40. The largest absolute Gasteiger partial charge is 0.506 e. The minimum Gasteiger partial charge on any atom is -0.506 e. The van der Waals surface area contributed by atoms with Gasteiger partial charge < -0.3 is 15.5 Å². The first-order valence-corrected chi connectivity index (χ1v) is 5.78. The number of nitrogens with zero attached hydrogens (tertiary/aromatic N) is 1. The summed E-state index contributed by atoms with van der Waals surface area (Å²) in [4.78, 5) is 26.8. The van der Waals surface area contributed by atoms with Gasteiger partial charge >= 0.3 is 5.97 Å². The zero-order chi connectivity index (χ0) is 14.7. The molecule has 102 valence electrons. The van der Waals surface area contributed by atoms with Crippen molar-refractivity contribution in [3.05, 3.63) is 53.3 Å². The number of rotatable bonds is 3. The Balaban J connectivity index is 2.25. The molecule has 0 aliphatic heterocycles. The van der Waals surface area contributed by atoms with E-state index in [1.807, 2.05) is 0 Å². The van der Waals surface area contributed by atoms with Crippen molar-refractivity contribution >= 4 is 17.6 Å². The summed E-state index contributed by atoms with van der Waals surface area (Å²) < 4.78 is 0. The fraction of sp³-hybridized carbons (Fsp3) is 0.0714. The van der Waals surface area contributed by atoms with Crippen LogP contribution in [-0.2, 0) is 0 Å². The molecule has 1 aromatic heterocycles. The molecular formula is C14H12N2O4. The molecule has 0 aliphatic carbocycles. The summed E-state index contributed by atoms with van der Waals surface area (Å²) in [6.07, 6.45) is 1.57. The Hall–Kier alpha value is -2.89. The SMILES string of the molecule is Cc1ncccc1C(=O)Nc1ccc(C(=O)O)cc1O. The predicted octanol–water partition coefficient (Wildman–Crippen LogP) is 2.05. The summed E-state index contributed by atoms with van der Waals surface area (Å²) in [6.45, 7) is 1.70. The number of aromatic hydroxyl groups is 1.